The van der Waals surface area contributed by atoms with Crippen LogP contribution in [0.1, 0.15) is 35.3 Å². The van der Waals surface area contributed by atoms with Gasteiger partial charge in [0.2, 0.25) is 0 Å². The first kappa shape index (κ1) is 19.2. The minimum absolute atomic E-state index is 0.000480. The molecule has 1 atom stereocenters. The molecule has 2 aliphatic heterocycles. The van der Waals surface area contributed by atoms with Crippen molar-refractivity contribution in [1.29, 1.82) is 0 Å². The maximum Gasteiger partial charge on any atom is 0.255 e. The third-order valence-electron chi connectivity index (χ3n) is 6.04. The summed E-state index contributed by atoms with van der Waals surface area (Å²) in [7, 11) is 1.87. The monoisotopic (exact) mass is 406 g/mol. The van der Waals surface area contributed by atoms with Crippen molar-refractivity contribution in [2.24, 2.45) is 7.05 Å². The van der Waals surface area contributed by atoms with E-state index in [0.717, 1.165) is 47.2 Å². The molecule has 30 heavy (non-hydrogen) atoms. The molecule has 2 aliphatic rings. The quantitative estimate of drug-likeness (QED) is 0.667. The smallest absolute Gasteiger partial charge is 0.255 e. The Labute approximate surface area is 175 Å². The molecule has 5 rings (SSSR count). The van der Waals surface area contributed by atoms with Crippen LogP contribution < -0.4 is 0 Å². The average Bonchev–Trinajstić information content (AvgIpc) is 3.42. The number of rotatable bonds is 3. The maximum atomic E-state index is 13.9. The fourth-order valence-corrected chi connectivity index (χ4v) is 4.62. The number of ether oxygens (including phenoxy) is 2. The summed E-state index contributed by atoms with van der Waals surface area (Å²) in [6.45, 7) is 3.81. The summed E-state index contributed by atoms with van der Waals surface area (Å²) < 4.78 is 13.3. The van der Waals surface area contributed by atoms with Gasteiger partial charge >= 0.3 is 0 Å². The van der Waals surface area contributed by atoms with Crippen LogP contribution in [0.15, 0.2) is 36.4 Å². The van der Waals surface area contributed by atoms with Crippen LogP contribution in [0, 0.1) is 6.92 Å². The van der Waals surface area contributed by atoms with E-state index in [9.17, 15) is 4.79 Å². The predicted octanol–water partition coefficient (Wildman–Crippen LogP) is 3.31. The summed E-state index contributed by atoms with van der Waals surface area (Å²) in [5, 5.41) is 5.36. The van der Waals surface area contributed by atoms with Gasteiger partial charge in [0.05, 0.1) is 41.6 Å². The Morgan fingerprint density at radius 3 is 2.67 bits per heavy atom. The molecular weight excluding hydrogens is 380 g/mol. The highest BCUT2D eigenvalue weighted by Gasteiger charge is 2.37. The Hall–Kier alpha value is -2.77. The van der Waals surface area contributed by atoms with Crippen molar-refractivity contribution in [3.8, 4) is 11.3 Å². The highest BCUT2D eigenvalue weighted by Crippen LogP contribution is 2.31. The van der Waals surface area contributed by atoms with Gasteiger partial charge in [0.15, 0.2) is 11.9 Å². The number of nitrogens with zero attached hydrogens (tertiary/aromatic N) is 4. The van der Waals surface area contributed by atoms with Crippen LogP contribution in [0.2, 0.25) is 0 Å². The number of carbonyl (C=O) groups excluding carboxylic acids is 1. The van der Waals surface area contributed by atoms with E-state index in [-0.39, 0.29) is 18.2 Å². The van der Waals surface area contributed by atoms with Crippen LogP contribution in [-0.4, -0.2) is 57.7 Å². The Morgan fingerprint density at radius 2 is 1.90 bits per heavy atom. The summed E-state index contributed by atoms with van der Waals surface area (Å²) in [6, 6.07) is 11.8. The molecule has 0 spiro atoms. The van der Waals surface area contributed by atoms with Crippen molar-refractivity contribution in [3.63, 3.8) is 0 Å². The van der Waals surface area contributed by atoms with Gasteiger partial charge in [-0.2, -0.15) is 5.10 Å². The minimum atomic E-state index is -0.338. The van der Waals surface area contributed by atoms with E-state index in [4.69, 9.17) is 14.5 Å². The molecule has 4 heterocycles. The number of pyridine rings is 1. The Bertz CT molecular complexity index is 1070. The van der Waals surface area contributed by atoms with Gasteiger partial charge in [0, 0.05) is 19.2 Å². The zero-order valence-corrected chi connectivity index (χ0v) is 17.4. The first-order valence-corrected chi connectivity index (χ1v) is 10.6. The third-order valence-corrected chi connectivity index (χ3v) is 6.04. The van der Waals surface area contributed by atoms with E-state index in [0.29, 0.717) is 25.3 Å². The molecule has 0 N–H and O–H groups in total. The predicted molar refractivity (Wildman–Crippen MR) is 113 cm³/mol. The number of amides is 1. The van der Waals surface area contributed by atoms with E-state index < -0.39 is 0 Å². The second kappa shape index (κ2) is 7.81. The van der Waals surface area contributed by atoms with E-state index in [1.807, 2.05) is 55.3 Å². The molecule has 0 radical (unpaired) electrons. The number of carbonyl (C=O) groups is 1. The van der Waals surface area contributed by atoms with Crippen LogP contribution in [0.5, 0.6) is 0 Å². The second-order valence-corrected chi connectivity index (χ2v) is 8.00. The van der Waals surface area contributed by atoms with Crippen LogP contribution >= 0.6 is 0 Å². The molecule has 0 bridgehead atoms. The fourth-order valence-electron chi connectivity index (χ4n) is 4.62. The zero-order chi connectivity index (χ0) is 20.7. The van der Waals surface area contributed by atoms with Crippen molar-refractivity contribution in [1.82, 2.24) is 19.7 Å². The lowest BCUT2D eigenvalue weighted by atomic mass is 9.98. The van der Waals surface area contributed by atoms with Gasteiger partial charge in [-0.15, -0.1) is 0 Å². The molecule has 2 aromatic heterocycles. The van der Waals surface area contributed by atoms with Gasteiger partial charge in [0.25, 0.3) is 5.91 Å². The normalized spacial score (nSPS) is 20.2. The molecule has 156 valence electrons. The van der Waals surface area contributed by atoms with Crippen molar-refractivity contribution < 1.29 is 14.3 Å². The molecular formula is C23H26N4O3. The van der Waals surface area contributed by atoms with Crippen LogP contribution in [0.4, 0.5) is 0 Å². The Balaban J connectivity index is 1.62. The van der Waals surface area contributed by atoms with E-state index in [2.05, 4.69) is 5.10 Å². The van der Waals surface area contributed by atoms with Crippen LogP contribution in [0.25, 0.3) is 22.3 Å². The Kier molecular flexibility index (Phi) is 5.00. The van der Waals surface area contributed by atoms with Crippen molar-refractivity contribution in [3.05, 3.63) is 47.7 Å². The largest absolute Gasteiger partial charge is 0.348 e. The molecule has 7 heteroatoms. The minimum Gasteiger partial charge on any atom is -0.348 e. The SMILES string of the molecule is Cc1nn(C)c2nc(-c3ccccc3)cc(C(=O)N3CCCCC3C3OCCO3)c12. The highest BCUT2D eigenvalue weighted by atomic mass is 16.7. The Morgan fingerprint density at radius 1 is 1.13 bits per heavy atom. The van der Waals surface area contributed by atoms with Crippen LogP contribution in [-0.2, 0) is 16.5 Å². The van der Waals surface area contributed by atoms with Gasteiger partial charge in [-0.3, -0.25) is 9.48 Å². The lowest BCUT2D eigenvalue weighted by Crippen LogP contribution is -2.50. The van der Waals surface area contributed by atoms with Gasteiger partial charge in [-0.25, -0.2) is 4.98 Å². The molecule has 0 aliphatic carbocycles. The van der Waals surface area contributed by atoms with Gasteiger partial charge in [-0.1, -0.05) is 30.3 Å². The second-order valence-electron chi connectivity index (χ2n) is 8.00. The molecule has 2 fully saturated rings. The fraction of sp³-hybridized carbons (Fsp3) is 0.435. The van der Waals surface area contributed by atoms with Crippen molar-refractivity contribution in [2.75, 3.05) is 19.8 Å². The lowest BCUT2D eigenvalue weighted by Gasteiger charge is -2.38. The van der Waals surface area contributed by atoms with E-state index in [1.54, 1.807) is 4.68 Å². The van der Waals surface area contributed by atoms with Crippen molar-refractivity contribution in [2.45, 2.75) is 38.5 Å². The molecule has 7 nitrogen and oxygen atoms in total. The summed E-state index contributed by atoms with van der Waals surface area (Å²) in [5.74, 6) is -0.000480. The van der Waals surface area contributed by atoms with Crippen LogP contribution in [0.3, 0.4) is 0 Å². The number of aromatic nitrogens is 3. The number of hydrogen-bond acceptors (Lipinski definition) is 5. The number of fused-ring (bicyclic) bond motifs is 1. The number of benzene rings is 1. The molecule has 3 aromatic rings. The van der Waals surface area contributed by atoms with Gasteiger partial charge < -0.3 is 14.4 Å². The molecule has 1 unspecified atom stereocenters. The van der Waals surface area contributed by atoms with E-state index >= 15 is 0 Å². The number of hydrogen-bond donors (Lipinski definition) is 0. The molecule has 2 saturated heterocycles. The average molecular weight is 406 g/mol. The molecule has 0 saturated carbocycles. The first-order chi connectivity index (χ1) is 14.6. The number of piperidine rings is 1. The topological polar surface area (TPSA) is 69.5 Å². The number of aryl methyl sites for hydroxylation is 2. The lowest BCUT2D eigenvalue weighted by molar-refractivity contribution is -0.100. The van der Waals surface area contributed by atoms with E-state index in [1.165, 1.54) is 0 Å². The zero-order valence-electron chi connectivity index (χ0n) is 17.4. The highest BCUT2D eigenvalue weighted by molar-refractivity contribution is 6.07. The number of likely N-dealkylation sites (tertiary alicyclic amines) is 1. The summed E-state index contributed by atoms with van der Waals surface area (Å²) in [4.78, 5) is 20.6. The van der Waals surface area contributed by atoms with Gasteiger partial charge in [-0.05, 0) is 32.3 Å². The summed E-state index contributed by atoms with van der Waals surface area (Å²) >= 11 is 0. The summed E-state index contributed by atoms with van der Waals surface area (Å²) in [6.07, 6.45) is 2.61. The first-order valence-electron chi connectivity index (χ1n) is 10.6. The molecule has 1 amide bonds. The molecule has 1 aromatic carbocycles. The van der Waals surface area contributed by atoms with Gasteiger partial charge in [0.1, 0.15) is 0 Å². The third kappa shape index (κ3) is 3.28. The maximum absolute atomic E-state index is 13.9. The van der Waals surface area contributed by atoms with Crippen molar-refractivity contribution >= 4 is 16.9 Å². The summed E-state index contributed by atoms with van der Waals surface area (Å²) in [5.41, 5.74) is 3.93. The standard InChI is InChI=1S/C23H26N4O3/c1-15-20-17(22(28)27-11-7-6-10-19(27)23-29-12-13-30-23)14-18(16-8-4-3-5-9-16)24-21(20)26(2)25-15/h3-5,8-9,14,19,23H,6-7,10-13H2,1-2H3.